The number of hydrogen-bond acceptors (Lipinski definition) is 5. The molecule has 7 nitrogen and oxygen atoms in total. The minimum atomic E-state index is -0.535. The molecular weight excluding hydrogens is 373 g/mol. The predicted molar refractivity (Wildman–Crippen MR) is 100 cm³/mol. The fourth-order valence-electron chi connectivity index (χ4n) is 2.89. The van der Waals surface area contributed by atoms with Crippen LogP contribution in [0.15, 0.2) is 30.6 Å². The highest BCUT2D eigenvalue weighted by Crippen LogP contribution is 2.23. The molecule has 2 N–H and O–H groups in total. The Hall–Kier alpha value is -2.74. The molecule has 9 heteroatoms. The number of piperidine rings is 1. The molecule has 27 heavy (non-hydrogen) atoms. The standard InChI is InChI=1S/C18H19ClFN5O2/c1-21-16-10-22-15(9-23-16)18(27)25-6-4-11(5-7-25)17(26)24-12-2-3-14(20)13(19)8-12/h2-3,8-11H,4-7H2,1H3,(H,21,23)(H,24,26). The fourth-order valence-corrected chi connectivity index (χ4v) is 3.07. The molecule has 2 amide bonds. The molecule has 0 saturated carbocycles. The zero-order valence-corrected chi connectivity index (χ0v) is 15.5. The Labute approximate surface area is 160 Å². The van der Waals surface area contributed by atoms with E-state index in [4.69, 9.17) is 11.6 Å². The minimum absolute atomic E-state index is 0.0429. The summed E-state index contributed by atoms with van der Waals surface area (Å²) in [7, 11) is 1.72. The highest BCUT2D eigenvalue weighted by molar-refractivity contribution is 6.31. The molecule has 1 aromatic heterocycles. The quantitative estimate of drug-likeness (QED) is 0.836. The number of likely N-dealkylation sites (tertiary alicyclic amines) is 1. The molecule has 0 radical (unpaired) electrons. The first-order valence-corrected chi connectivity index (χ1v) is 8.90. The van der Waals surface area contributed by atoms with Gasteiger partial charge in [0.25, 0.3) is 5.91 Å². The average molecular weight is 392 g/mol. The van der Waals surface area contributed by atoms with Gasteiger partial charge < -0.3 is 15.5 Å². The van der Waals surface area contributed by atoms with Crippen LogP contribution in [0.3, 0.4) is 0 Å². The van der Waals surface area contributed by atoms with Gasteiger partial charge in [0.1, 0.15) is 17.3 Å². The lowest BCUT2D eigenvalue weighted by Gasteiger charge is -2.31. The van der Waals surface area contributed by atoms with E-state index in [1.807, 2.05) is 0 Å². The van der Waals surface area contributed by atoms with E-state index in [1.165, 1.54) is 30.6 Å². The van der Waals surface area contributed by atoms with Crippen molar-refractivity contribution in [2.45, 2.75) is 12.8 Å². The van der Waals surface area contributed by atoms with Gasteiger partial charge in [-0.25, -0.2) is 14.4 Å². The molecule has 1 aromatic carbocycles. The van der Waals surface area contributed by atoms with Crippen molar-refractivity contribution >= 4 is 34.9 Å². The maximum absolute atomic E-state index is 13.2. The van der Waals surface area contributed by atoms with Crippen molar-refractivity contribution in [3.8, 4) is 0 Å². The van der Waals surface area contributed by atoms with Crippen LogP contribution in [0.4, 0.5) is 15.9 Å². The first-order valence-electron chi connectivity index (χ1n) is 8.53. The van der Waals surface area contributed by atoms with Crippen molar-refractivity contribution in [2.75, 3.05) is 30.8 Å². The summed E-state index contributed by atoms with van der Waals surface area (Å²) in [6.07, 6.45) is 4.01. The first-order chi connectivity index (χ1) is 13.0. The van der Waals surface area contributed by atoms with Crippen LogP contribution in [0.5, 0.6) is 0 Å². The Morgan fingerprint density at radius 2 is 1.96 bits per heavy atom. The van der Waals surface area contributed by atoms with Gasteiger partial charge in [-0.3, -0.25) is 9.59 Å². The lowest BCUT2D eigenvalue weighted by molar-refractivity contribution is -0.121. The van der Waals surface area contributed by atoms with Gasteiger partial charge in [-0.05, 0) is 31.0 Å². The normalized spacial score (nSPS) is 14.7. The maximum atomic E-state index is 13.2. The molecular formula is C18H19ClFN5O2. The van der Waals surface area contributed by atoms with E-state index in [1.54, 1.807) is 11.9 Å². The van der Waals surface area contributed by atoms with Crippen molar-refractivity contribution in [2.24, 2.45) is 5.92 Å². The number of benzene rings is 1. The average Bonchev–Trinajstić information content (AvgIpc) is 2.70. The summed E-state index contributed by atoms with van der Waals surface area (Å²) in [4.78, 5) is 34.8. The number of hydrogen-bond donors (Lipinski definition) is 2. The third-order valence-electron chi connectivity index (χ3n) is 4.47. The summed E-state index contributed by atoms with van der Waals surface area (Å²) in [5, 5.41) is 5.55. The molecule has 2 heterocycles. The molecule has 0 atom stereocenters. The molecule has 1 aliphatic heterocycles. The highest BCUT2D eigenvalue weighted by atomic mass is 35.5. The van der Waals surface area contributed by atoms with Crippen molar-refractivity contribution in [1.29, 1.82) is 0 Å². The first kappa shape index (κ1) is 19.0. The molecule has 1 aliphatic rings. The van der Waals surface area contributed by atoms with Gasteiger partial charge in [0.2, 0.25) is 5.91 Å². The van der Waals surface area contributed by atoms with Crippen LogP contribution in [-0.4, -0.2) is 46.8 Å². The molecule has 0 spiro atoms. The van der Waals surface area contributed by atoms with E-state index >= 15 is 0 Å². The second kappa shape index (κ2) is 8.30. The summed E-state index contributed by atoms with van der Waals surface area (Å²) in [6.45, 7) is 0.910. The lowest BCUT2D eigenvalue weighted by atomic mass is 9.95. The van der Waals surface area contributed by atoms with E-state index in [2.05, 4.69) is 20.6 Å². The third-order valence-corrected chi connectivity index (χ3v) is 4.76. The van der Waals surface area contributed by atoms with E-state index in [9.17, 15) is 14.0 Å². The van der Waals surface area contributed by atoms with Crippen LogP contribution in [0.25, 0.3) is 0 Å². The number of anilines is 2. The monoisotopic (exact) mass is 391 g/mol. The summed E-state index contributed by atoms with van der Waals surface area (Å²) in [5.41, 5.74) is 0.725. The maximum Gasteiger partial charge on any atom is 0.274 e. The van der Waals surface area contributed by atoms with Crippen LogP contribution < -0.4 is 10.6 Å². The summed E-state index contributed by atoms with van der Waals surface area (Å²) in [5.74, 6) is -0.539. The van der Waals surface area contributed by atoms with Gasteiger partial charge in [-0.15, -0.1) is 0 Å². The largest absolute Gasteiger partial charge is 0.372 e. The molecule has 0 aliphatic carbocycles. The summed E-state index contributed by atoms with van der Waals surface area (Å²) < 4.78 is 13.2. The molecule has 1 saturated heterocycles. The van der Waals surface area contributed by atoms with Gasteiger partial charge in [0.05, 0.1) is 17.4 Å². The van der Waals surface area contributed by atoms with E-state index in [-0.39, 0.29) is 28.4 Å². The van der Waals surface area contributed by atoms with Crippen molar-refractivity contribution in [3.05, 3.63) is 47.1 Å². The van der Waals surface area contributed by atoms with Crippen LogP contribution in [0.2, 0.25) is 5.02 Å². The number of carbonyl (C=O) groups is 2. The van der Waals surface area contributed by atoms with E-state index < -0.39 is 5.82 Å². The second-order valence-corrected chi connectivity index (χ2v) is 6.63. The van der Waals surface area contributed by atoms with Crippen molar-refractivity contribution in [1.82, 2.24) is 14.9 Å². The molecule has 2 aromatic rings. The predicted octanol–water partition coefficient (Wildman–Crippen LogP) is 2.80. The smallest absolute Gasteiger partial charge is 0.274 e. The van der Waals surface area contributed by atoms with Gasteiger partial charge >= 0.3 is 0 Å². The number of amides is 2. The van der Waals surface area contributed by atoms with Gasteiger partial charge in [0.15, 0.2) is 0 Å². The zero-order chi connectivity index (χ0) is 19.4. The second-order valence-electron chi connectivity index (χ2n) is 6.22. The molecule has 3 rings (SSSR count). The lowest BCUT2D eigenvalue weighted by Crippen LogP contribution is -2.41. The van der Waals surface area contributed by atoms with Crippen LogP contribution in [-0.2, 0) is 4.79 Å². The van der Waals surface area contributed by atoms with Crippen molar-refractivity contribution in [3.63, 3.8) is 0 Å². The number of nitrogens with zero attached hydrogens (tertiary/aromatic N) is 3. The third kappa shape index (κ3) is 4.51. The SMILES string of the molecule is CNc1cnc(C(=O)N2CCC(C(=O)Nc3ccc(F)c(Cl)c3)CC2)cn1. The van der Waals surface area contributed by atoms with Crippen LogP contribution >= 0.6 is 11.6 Å². The molecule has 142 valence electrons. The Kier molecular flexibility index (Phi) is 5.85. The molecule has 1 fully saturated rings. The summed E-state index contributed by atoms with van der Waals surface area (Å²) >= 11 is 5.73. The Balaban J connectivity index is 1.55. The number of nitrogens with one attached hydrogen (secondary N) is 2. The Morgan fingerprint density at radius 1 is 1.22 bits per heavy atom. The van der Waals surface area contributed by atoms with E-state index in [0.29, 0.717) is 37.4 Å². The Morgan fingerprint density at radius 3 is 2.56 bits per heavy atom. The van der Waals surface area contributed by atoms with Gasteiger partial charge in [-0.2, -0.15) is 0 Å². The minimum Gasteiger partial charge on any atom is -0.372 e. The topological polar surface area (TPSA) is 87.2 Å². The number of aromatic nitrogens is 2. The van der Waals surface area contributed by atoms with Crippen LogP contribution in [0, 0.1) is 11.7 Å². The number of carbonyl (C=O) groups excluding carboxylic acids is 2. The summed E-state index contributed by atoms with van der Waals surface area (Å²) in [6, 6.07) is 4.05. The fraction of sp³-hybridized carbons (Fsp3) is 0.333. The zero-order valence-electron chi connectivity index (χ0n) is 14.7. The van der Waals surface area contributed by atoms with Gasteiger partial charge in [0, 0.05) is 31.7 Å². The highest BCUT2D eigenvalue weighted by Gasteiger charge is 2.28. The molecule has 0 bridgehead atoms. The van der Waals surface area contributed by atoms with Crippen LogP contribution in [0.1, 0.15) is 23.3 Å². The molecule has 0 unspecified atom stereocenters. The Bertz CT molecular complexity index is 838. The number of rotatable bonds is 4. The van der Waals surface area contributed by atoms with Crippen molar-refractivity contribution < 1.29 is 14.0 Å². The number of halogens is 2. The van der Waals surface area contributed by atoms with E-state index in [0.717, 1.165) is 0 Å². The van der Waals surface area contributed by atoms with Gasteiger partial charge in [-0.1, -0.05) is 11.6 Å².